The van der Waals surface area contributed by atoms with E-state index in [-0.39, 0.29) is 35.8 Å². The summed E-state index contributed by atoms with van der Waals surface area (Å²) in [5, 5.41) is 3.32. The quantitative estimate of drug-likeness (QED) is 0.169. The number of hydrogen-bond donors (Lipinski definition) is 1. The van der Waals surface area contributed by atoms with Crippen molar-refractivity contribution in [1.29, 1.82) is 0 Å². The maximum Gasteiger partial charge on any atom is 0.261 e. The first-order valence-electron chi connectivity index (χ1n) is 10.6. The second-order valence-electron chi connectivity index (χ2n) is 7.45. The number of hydrogen-bond acceptors (Lipinski definition) is 4. The Labute approximate surface area is 206 Å². The largest absolute Gasteiger partial charge is 0.497 e. The van der Waals surface area contributed by atoms with Crippen LogP contribution in [0.3, 0.4) is 0 Å². The average molecular weight is 550 g/mol. The van der Waals surface area contributed by atoms with Crippen LogP contribution in [0.15, 0.2) is 53.5 Å². The molecule has 8 heteroatoms. The molecule has 0 unspecified atom stereocenters. The van der Waals surface area contributed by atoms with Crippen LogP contribution in [0, 0.1) is 0 Å². The highest BCUT2D eigenvalue weighted by Gasteiger charge is 2.34. The third kappa shape index (κ3) is 6.21. The van der Waals surface area contributed by atoms with Crippen LogP contribution < -0.4 is 10.1 Å². The molecule has 0 saturated heterocycles. The van der Waals surface area contributed by atoms with Crippen LogP contribution in [0.4, 0.5) is 0 Å². The van der Waals surface area contributed by atoms with Crippen LogP contribution in [-0.4, -0.2) is 61.4 Å². The Morgan fingerprint density at radius 3 is 2.22 bits per heavy atom. The molecule has 2 amide bonds. The third-order valence-corrected chi connectivity index (χ3v) is 5.20. The second kappa shape index (κ2) is 12.4. The van der Waals surface area contributed by atoms with Gasteiger partial charge in [0.15, 0.2) is 5.96 Å². The molecule has 2 aromatic carbocycles. The van der Waals surface area contributed by atoms with Gasteiger partial charge in [0.2, 0.25) is 0 Å². The summed E-state index contributed by atoms with van der Waals surface area (Å²) in [5.74, 6) is 1.28. The molecular formula is C24H31IN4O3. The Morgan fingerprint density at radius 2 is 1.66 bits per heavy atom. The number of nitrogens with zero attached hydrogens (tertiary/aromatic N) is 3. The van der Waals surface area contributed by atoms with Gasteiger partial charge in [0.25, 0.3) is 11.8 Å². The fourth-order valence-electron chi connectivity index (χ4n) is 3.56. The lowest BCUT2D eigenvalue weighted by Crippen LogP contribution is -2.38. The molecule has 0 saturated carbocycles. The molecule has 0 aliphatic carbocycles. The van der Waals surface area contributed by atoms with Crippen LogP contribution in [0.5, 0.6) is 5.75 Å². The molecule has 2 aromatic rings. The third-order valence-electron chi connectivity index (χ3n) is 5.20. The van der Waals surface area contributed by atoms with Crippen molar-refractivity contribution in [1.82, 2.24) is 15.1 Å². The number of aliphatic imine (C=N–C) groups is 1. The number of imide groups is 1. The molecule has 3 rings (SSSR count). The number of nitrogens with one attached hydrogen (secondary N) is 1. The molecular weight excluding hydrogens is 519 g/mol. The molecule has 7 nitrogen and oxygen atoms in total. The Kier molecular flexibility index (Phi) is 9.96. The van der Waals surface area contributed by atoms with E-state index in [1.54, 1.807) is 31.4 Å². The van der Waals surface area contributed by atoms with Gasteiger partial charge in [-0.2, -0.15) is 0 Å². The smallest absolute Gasteiger partial charge is 0.261 e. The van der Waals surface area contributed by atoms with E-state index < -0.39 is 0 Å². The van der Waals surface area contributed by atoms with Gasteiger partial charge in [-0.25, -0.2) is 0 Å². The second-order valence-corrected chi connectivity index (χ2v) is 7.45. The topological polar surface area (TPSA) is 74.2 Å². The summed E-state index contributed by atoms with van der Waals surface area (Å²) in [7, 11) is 3.66. The summed E-state index contributed by atoms with van der Waals surface area (Å²) < 4.78 is 5.21. The first-order valence-corrected chi connectivity index (χ1v) is 10.6. The molecule has 0 fully saturated rings. The molecule has 0 radical (unpaired) electrons. The molecule has 0 spiro atoms. The van der Waals surface area contributed by atoms with Gasteiger partial charge in [0.1, 0.15) is 5.75 Å². The summed E-state index contributed by atoms with van der Waals surface area (Å²) in [4.78, 5) is 33.0. The fraction of sp³-hybridized carbons (Fsp3) is 0.375. The van der Waals surface area contributed by atoms with Crippen molar-refractivity contribution >= 4 is 41.8 Å². The van der Waals surface area contributed by atoms with Gasteiger partial charge in [-0.05, 0) is 49.6 Å². The van der Waals surface area contributed by atoms with Crippen molar-refractivity contribution in [3.63, 3.8) is 0 Å². The van der Waals surface area contributed by atoms with Crippen LogP contribution in [0.25, 0.3) is 0 Å². The number of unbranched alkanes of at least 4 members (excludes halogenated alkanes) is 1. The van der Waals surface area contributed by atoms with Crippen molar-refractivity contribution in [3.05, 3.63) is 65.2 Å². The van der Waals surface area contributed by atoms with E-state index in [2.05, 4.69) is 10.2 Å². The van der Waals surface area contributed by atoms with Crippen molar-refractivity contribution in [3.8, 4) is 5.75 Å². The predicted octanol–water partition coefficient (Wildman–Crippen LogP) is 3.79. The molecule has 32 heavy (non-hydrogen) atoms. The summed E-state index contributed by atoms with van der Waals surface area (Å²) in [5.41, 5.74) is 2.17. The molecule has 0 bridgehead atoms. The zero-order chi connectivity index (χ0) is 22.2. The maximum atomic E-state index is 12.4. The summed E-state index contributed by atoms with van der Waals surface area (Å²) in [6.07, 6.45) is 1.51. The molecule has 172 valence electrons. The lowest BCUT2D eigenvalue weighted by Gasteiger charge is -2.22. The van der Waals surface area contributed by atoms with E-state index >= 15 is 0 Å². The highest BCUT2D eigenvalue weighted by atomic mass is 127. The van der Waals surface area contributed by atoms with Crippen molar-refractivity contribution in [2.75, 3.05) is 33.8 Å². The molecule has 1 heterocycles. The van der Waals surface area contributed by atoms with Gasteiger partial charge in [-0.1, -0.05) is 24.3 Å². The monoisotopic (exact) mass is 550 g/mol. The first-order chi connectivity index (χ1) is 15.0. The van der Waals surface area contributed by atoms with Crippen LogP contribution in [-0.2, 0) is 6.54 Å². The van der Waals surface area contributed by atoms with Gasteiger partial charge in [-0.3, -0.25) is 19.5 Å². The molecule has 1 aliphatic heterocycles. The minimum absolute atomic E-state index is 0. The normalized spacial score (nSPS) is 13.0. The number of rotatable bonds is 9. The number of benzene rings is 2. The van der Waals surface area contributed by atoms with Crippen molar-refractivity contribution < 1.29 is 14.3 Å². The number of carbonyl (C=O) groups excluding carboxylic acids is 2. The number of ether oxygens (including phenoxy) is 1. The predicted molar refractivity (Wildman–Crippen MR) is 137 cm³/mol. The van der Waals surface area contributed by atoms with E-state index in [9.17, 15) is 9.59 Å². The average Bonchev–Trinajstić information content (AvgIpc) is 3.03. The Bertz CT molecular complexity index is 912. The van der Waals surface area contributed by atoms with Crippen LogP contribution in [0.1, 0.15) is 46.0 Å². The lowest BCUT2D eigenvalue weighted by atomic mass is 10.1. The summed E-state index contributed by atoms with van der Waals surface area (Å²) >= 11 is 0. The standard InChI is InChI=1S/C24H30N4O3.HI/c1-4-25-24(27(2)17-18-11-13-19(31-3)14-12-18)26-15-7-8-16-28-22(29)20-9-5-6-10-21(20)23(28)30;/h5-6,9-14H,4,7-8,15-17H2,1-3H3,(H,25,26);1H. The highest BCUT2D eigenvalue weighted by molar-refractivity contribution is 14.0. The number of amides is 2. The van der Waals surface area contributed by atoms with E-state index in [0.29, 0.717) is 24.2 Å². The van der Waals surface area contributed by atoms with Gasteiger partial charge >= 0.3 is 0 Å². The number of halogens is 1. The number of carbonyl (C=O) groups is 2. The first kappa shape index (κ1) is 25.6. The van der Waals surface area contributed by atoms with Crippen molar-refractivity contribution in [2.24, 2.45) is 4.99 Å². The number of fused-ring (bicyclic) bond motifs is 1. The minimum atomic E-state index is -0.198. The van der Waals surface area contributed by atoms with Gasteiger partial charge in [0.05, 0.1) is 18.2 Å². The lowest BCUT2D eigenvalue weighted by molar-refractivity contribution is 0.0652. The van der Waals surface area contributed by atoms with E-state index in [0.717, 1.165) is 37.6 Å². The van der Waals surface area contributed by atoms with Crippen LogP contribution >= 0.6 is 24.0 Å². The summed E-state index contributed by atoms with van der Waals surface area (Å²) in [6.45, 7) is 4.59. The summed E-state index contributed by atoms with van der Waals surface area (Å²) in [6, 6.07) is 15.0. The highest BCUT2D eigenvalue weighted by Crippen LogP contribution is 2.22. The molecule has 1 aliphatic rings. The molecule has 0 aromatic heterocycles. The molecule has 0 atom stereocenters. The van der Waals surface area contributed by atoms with Gasteiger partial charge in [-0.15, -0.1) is 24.0 Å². The van der Waals surface area contributed by atoms with Gasteiger partial charge in [0, 0.05) is 33.2 Å². The van der Waals surface area contributed by atoms with Crippen molar-refractivity contribution in [2.45, 2.75) is 26.3 Å². The Balaban J connectivity index is 0.00000363. The zero-order valence-corrected chi connectivity index (χ0v) is 21.2. The maximum absolute atomic E-state index is 12.4. The van der Waals surface area contributed by atoms with E-state index in [1.165, 1.54) is 10.5 Å². The van der Waals surface area contributed by atoms with E-state index in [1.807, 2.05) is 38.2 Å². The SMILES string of the molecule is CCNC(=NCCCCN1C(=O)c2ccccc2C1=O)N(C)Cc1ccc(OC)cc1.I. The molecule has 1 N–H and O–H groups in total. The van der Waals surface area contributed by atoms with E-state index in [4.69, 9.17) is 9.73 Å². The number of methoxy groups -OCH3 is 1. The van der Waals surface area contributed by atoms with Crippen LogP contribution in [0.2, 0.25) is 0 Å². The zero-order valence-electron chi connectivity index (χ0n) is 18.8. The minimum Gasteiger partial charge on any atom is -0.497 e. The Morgan fingerprint density at radius 1 is 1.03 bits per heavy atom. The Hall–Kier alpha value is -2.62. The fourth-order valence-corrected chi connectivity index (χ4v) is 3.56. The number of guanidine groups is 1. The van der Waals surface area contributed by atoms with Gasteiger partial charge < -0.3 is 15.0 Å².